The van der Waals surface area contributed by atoms with E-state index in [1.165, 1.54) is 30.3 Å². The lowest BCUT2D eigenvalue weighted by Crippen LogP contribution is -2.26. The third kappa shape index (κ3) is 5.35. The second-order valence-electron chi connectivity index (χ2n) is 5.28. The van der Waals surface area contributed by atoms with E-state index in [4.69, 9.17) is 0 Å². The van der Waals surface area contributed by atoms with Crippen LogP contribution in [0, 0.1) is 5.82 Å². The van der Waals surface area contributed by atoms with Crippen LogP contribution in [0.1, 0.15) is 22.8 Å². The maximum Gasteiger partial charge on any atom is 0.251 e. The Kier molecular flexibility index (Phi) is 6.69. The van der Waals surface area contributed by atoms with Gasteiger partial charge in [-0.15, -0.1) is 0 Å². The molecular weight excluding hydrogens is 411 g/mol. The number of hydrogen-bond donors (Lipinski definition) is 2. The molecule has 134 valence electrons. The predicted molar refractivity (Wildman–Crippen MR) is 97.4 cm³/mol. The Balaban J connectivity index is 1.93. The van der Waals surface area contributed by atoms with Crippen molar-refractivity contribution in [1.29, 1.82) is 0 Å². The fraction of sp³-hybridized carbons (Fsp3) is 0.235. The zero-order valence-electron chi connectivity index (χ0n) is 13.6. The molecule has 2 aromatic carbocycles. The quantitative estimate of drug-likeness (QED) is 0.711. The molecule has 0 saturated carbocycles. The van der Waals surface area contributed by atoms with Crippen LogP contribution in [0.3, 0.4) is 0 Å². The van der Waals surface area contributed by atoms with E-state index in [0.717, 1.165) is 5.56 Å². The molecule has 2 N–H and O–H groups in total. The zero-order chi connectivity index (χ0) is 18.4. The van der Waals surface area contributed by atoms with Crippen LogP contribution >= 0.6 is 15.9 Å². The number of amides is 1. The van der Waals surface area contributed by atoms with Crippen molar-refractivity contribution in [2.24, 2.45) is 0 Å². The van der Waals surface area contributed by atoms with E-state index < -0.39 is 10.0 Å². The Morgan fingerprint density at radius 3 is 2.44 bits per heavy atom. The highest BCUT2D eigenvalue weighted by atomic mass is 79.9. The number of rotatable bonds is 7. The van der Waals surface area contributed by atoms with Crippen LogP contribution in [0.25, 0.3) is 0 Å². The van der Waals surface area contributed by atoms with Gasteiger partial charge in [0, 0.05) is 18.7 Å². The third-order valence-corrected chi connectivity index (χ3v) is 5.61. The van der Waals surface area contributed by atoms with Crippen LogP contribution in [0.4, 0.5) is 4.39 Å². The van der Waals surface area contributed by atoms with Gasteiger partial charge in [-0.05, 0) is 64.3 Å². The molecule has 2 rings (SSSR count). The normalized spacial score (nSPS) is 11.3. The van der Waals surface area contributed by atoms with Gasteiger partial charge < -0.3 is 5.32 Å². The number of nitrogens with one attached hydrogen (secondary N) is 2. The summed E-state index contributed by atoms with van der Waals surface area (Å²) in [5.41, 5.74) is 1.26. The standard InChI is InChI=1S/C17H18BrFN2O3S/c1-2-21-25(23,24)14-6-4-13(5-7-14)17(22)20-10-9-12-3-8-16(19)15(18)11-12/h3-8,11,21H,2,9-10H2,1H3,(H,20,22). The molecule has 0 aliphatic carbocycles. The summed E-state index contributed by atoms with van der Waals surface area (Å²) in [6.07, 6.45) is 0.553. The molecule has 0 saturated heterocycles. The molecule has 0 bridgehead atoms. The van der Waals surface area contributed by atoms with Gasteiger partial charge in [0.15, 0.2) is 0 Å². The van der Waals surface area contributed by atoms with E-state index in [1.54, 1.807) is 19.1 Å². The number of halogens is 2. The Morgan fingerprint density at radius 2 is 1.84 bits per heavy atom. The number of carbonyl (C=O) groups excluding carboxylic acids is 1. The van der Waals surface area contributed by atoms with Gasteiger partial charge >= 0.3 is 0 Å². The molecule has 0 aromatic heterocycles. The van der Waals surface area contributed by atoms with Crippen molar-refractivity contribution in [2.75, 3.05) is 13.1 Å². The zero-order valence-corrected chi connectivity index (χ0v) is 16.0. The second-order valence-corrected chi connectivity index (χ2v) is 7.90. The second kappa shape index (κ2) is 8.55. The molecule has 8 heteroatoms. The monoisotopic (exact) mass is 428 g/mol. The molecule has 1 amide bonds. The summed E-state index contributed by atoms with van der Waals surface area (Å²) >= 11 is 3.12. The largest absolute Gasteiger partial charge is 0.352 e. The lowest BCUT2D eigenvalue weighted by atomic mass is 10.1. The highest BCUT2D eigenvalue weighted by molar-refractivity contribution is 9.10. The van der Waals surface area contributed by atoms with Crippen molar-refractivity contribution in [3.8, 4) is 0 Å². The van der Waals surface area contributed by atoms with Gasteiger partial charge in [0.1, 0.15) is 5.82 Å². The molecule has 0 fully saturated rings. The molecule has 0 heterocycles. The van der Waals surface area contributed by atoms with Crippen LogP contribution in [0.5, 0.6) is 0 Å². The smallest absolute Gasteiger partial charge is 0.251 e. The highest BCUT2D eigenvalue weighted by Gasteiger charge is 2.13. The molecule has 0 spiro atoms. The summed E-state index contributed by atoms with van der Waals surface area (Å²) in [4.78, 5) is 12.2. The molecule has 25 heavy (non-hydrogen) atoms. The van der Waals surface area contributed by atoms with Gasteiger partial charge in [-0.3, -0.25) is 4.79 Å². The fourth-order valence-corrected chi connectivity index (χ4v) is 3.64. The van der Waals surface area contributed by atoms with Crippen molar-refractivity contribution in [3.63, 3.8) is 0 Å². The Bertz CT molecular complexity index is 855. The average molecular weight is 429 g/mol. The lowest BCUT2D eigenvalue weighted by Gasteiger charge is -2.08. The molecular formula is C17H18BrFN2O3S. The van der Waals surface area contributed by atoms with E-state index in [1.807, 2.05) is 0 Å². The van der Waals surface area contributed by atoms with Gasteiger partial charge in [-0.25, -0.2) is 17.5 Å². The van der Waals surface area contributed by atoms with E-state index in [2.05, 4.69) is 26.0 Å². The van der Waals surface area contributed by atoms with Crippen LogP contribution in [-0.2, 0) is 16.4 Å². The van der Waals surface area contributed by atoms with Crippen LogP contribution in [0.15, 0.2) is 51.8 Å². The van der Waals surface area contributed by atoms with Gasteiger partial charge in [-0.2, -0.15) is 0 Å². The van der Waals surface area contributed by atoms with E-state index in [0.29, 0.717) is 29.5 Å². The van der Waals surface area contributed by atoms with Crippen molar-refractivity contribution in [1.82, 2.24) is 10.0 Å². The average Bonchev–Trinajstić information content (AvgIpc) is 2.58. The van der Waals surface area contributed by atoms with Gasteiger partial charge in [0.05, 0.1) is 9.37 Å². The number of benzene rings is 2. The molecule has 5 nitrogen and oxygen atoms in total. The summed E-state index contributed by atoms with van der Waals surface area (Å²) in [5.74, 6) is -0.631. The van der Waals surface area contributed by atoms with E-state index in [-0.39, 0.29) is 16.6 Å². The number of hydrogen-bond acceptors (Lipinski definition) is 3. The maximum absolute atomic E-state index is 13.2. The van der Waals surface area contributed by atoms with Gasteiger partial charge in [0.2, 0.25) is 10.0 Å². The molecule has 0 radical (unpaired) electrons. The fourth-order valence-electron chi connectivity index (χ4n) is 2.18. The molecule has 0 atom stereocenters. The molecule has 0 unspecified atom stereocenters. The summed E-state index contributed by atoms with van der Waals surface area (Å²) in [7, 11) is -3.53. The molecule has 0 aliphatic rings. The van der Waals surface area contributed by atoms with Crippen molar-refractivity contribution >= 4 is 31.9 Å². The maximum atomic E-state index is 13.2. The van der Waals surface area contributed by atoms with Crippen molar-refractivity contribution in [2.45, 2.75) is 18.2 Å². The molecule has 2 aromatic rings. The topological polar surface area (TPSA) is 75.3 Å². The van der Waals surface area contributed by atoms with Crippen molar-refractivity contribution < 1.29 is 17.6 Å². The first-order valence-electron chi connectivity index (χ1n) is 7.65. The highest BCUT2D eigenvalue weighted by Crippen LogP contribution is 2.17. The van der Waals surface area contributed by atoms with Gasteiger partial charge in [-0.1, -0.05) is 13.0 Å². The SMILES string of the molecule is CCNS(=O)(=O)c1ccc(C(=O)NCCc2ccc(F)c(Br)c2)cc1. The minimum atomic E-state index is -3.53. The minimum Gasteiger partial charge on any atom is -0.352 e. The van der Waals surface area contributed by atoms with Crippen molar-refractivity contribution in [3.05, 3.63) is 63.9 Å². The third-order valence-electron chi connectivity index (χ3n) is 3.44. The van der Waals surface area contributed by atoms with E-state index >= 15 is 0 Å². The predicted octanol–water partition coefficient (Wildman–Crippen LogP) is 2.86. The summed E-state index contributed by atoms with van der Waals surface area (Å²) in [6.45, 7) is 2.37. The van der Waals surface area contributed by atoms with Crippen LogP contribution in [0.2, 0.25) is 0 Å². The first-order chi connectivity index (χ1) is 11.8. The Morgan fingerprint density at radius 1 is 1.16 bits per heavy atom. The summed E-state index contributed by atoms with van der Waals surface area (Å²) < 4.78 is 39.6. The number of carbonyl (C=O) groups is 1. The molecule has 0 aliphatic heterocycles. The summed E-state index contributed by atoms with van der Waals surface area (Å²) in [5, 5.41) is 2.75. The summed E-state index contributed by atoms with van der Waals surface area (Å²) in [6, 6.07) is 10.4. The Hall–Kier alpha value is -1.77. The van der Waals surface area contributed by atoms with Gasteiger partial charge in [0.25, 0.3) is 5.91 Å². The Labute approximate surface area is 154 Å². The van der Waals surface area contributed by atoms with Crippen LogP contribution < -0.4 is 10.0 Å². The first kappa shape index (κ1) is 19.6. The van der Waals surface area contributed by atoms with E-state index in [9.17, 15) is 17.6 Å². The minimum absolute atomic E-state index is 0.113. The number of sulfonamides is 1. The lowest BCUT2D eigenvalue weighted by molar-refractivity contribution is 0.0954. The first-order valence-corrected chi connectivity index (χ1v) is 9.93. The van der Waals surface area contributed by atoms with Crippen LogP contribution in [-0.4, -0.2) is 27.4 Å².